The Labute approximate surface area is 60.1 Å². The average molecular weight is 165 g/mol. The number of rotatable bonds is 2. The van der Waals surface area contributed by atoms with Crippen LogP contribution < -0.4 is 0 Å². The van der Waals surface area contributed by atoms with E-state index < -0.39 is 7.82 Å². The SMILES string of the molecule is [CH2]C1COP(=O)(OCC)O1. The van der Waals surface area contributed by atoms with Gasteiger partial charge in [-0.15, -0.1) is 0 Å². The zero-order chi connectivity index (χ0) is 7.61. The molecule has 0 amide bonds. The van der Waals surface area contributed by atoms with Crippen molar-refractivity contribution in [3.8, 4) is 0 Å². The van der Waals surface area contributed by atoms with E-state index in [1.54, 1.807) is 6.92 Å². The van der Waals surface area contributed by atoms with Crippen LogP contribution in [0.3, 0.4) is 0 Å². The van der Waals surface area contributed by atoms with Crippen LogP contribution in [0.1, 0.15) is 6.92 Å². The minimum atomic E-state index is -3.19. The van der Waals surface area contributed by atoms with Crippen molar-refractivity contribution in [1.29, 1.82) is 0 Å². The third-order valence-corrected chi connectivity index (χ3v) is 2.58. The summed E-state index contributed by atoms with van der Waals surface area (Å²) in [6, 6.07) is 0. The topological polar surface area (TPSA) is 44.8 Å². The molecule has 1 rings (SSSR count). The Morgan fingerprint density at radius 1 is 1.90 bits per heavy atom. The van der Waals surface area contributed by atoms with Gasteiger partial charge in [0.15, 0.2) is 0 Å². The van der Waals surface area contributed by atoms with E-state index in [1.807, 2.05) is 0 Å². The molecule has 2 unspecified atom stereocenters. The van der Waals surface area contributed by atoms with Crippen molar-refractivity contribution in [2.75, 3.05) is 13.2 Å². The van der Waals surface area contributed by atoms with Gasteiger partial charge in [-0.25, -0.2) is 4.57 Å². The molecule has 1 aliphatic heterocycles. The Balaban J connectivity index is 2.47. The molecule has 0 bridgehead atoms. The van der Waals surface area contributed by atoms with E-state index in [0.29, 0.717) is 6.61 Å². The lowest BCUT2D eigenvalue weighted by atomic mass is 10.5. The maximum atomic E-state index is 11.1. The van der Waals surface area contributed by atoms with Crippen molar-refractivity contribution < 1.29 is 18.1 Å². The fourth-order valence-corrected chi connectivity index (χ4v) is 1.93. The van der Waals surface area contributed by atoms with Crippen LogP contribution >= 0.6 is 7.82 Å². The molecule has 0 aromatic heterocycles. The van der Waals surface area contributed by atoms with Gasteiger partial charge in [-0.1, -0.05) is 0 Å². The van der Waals surface area contributed by atoms with Crippen molar-refractivity contribution in [3.05, 3.63) is 6.92 Å². The summed E-state index contributed by atoms with van der Waals surface area (Å²) in [5.74, 6) is 0. The molecule has 2 atom stereocenters. The minimum Gasteiger partial charge on any atom is -0.287 e. The highest BCUT2D eigenvalue weighted by Crippen LogP contribution is 2.54. The van der Waals surface area contributed by atoms with Gasteiger partial charge in [-0.2, -0.15) is 0 Å². The van der Waals surface area contributed by atoms with Gasteiger partial charge in [0.25, 0.3) is 0 Å². The molecule has 10 heavy (non-hydrogen) atoms. The molecule has 1 aliphatic rings. The molecular formula is C5H10O4P. The van der Waals surface area contributed by atoms with Crippen LogP contribution in [-0.2, 0) is 18.1 Å². The molecule has 0 N–H and O–H groups in total. The summed E-state index contributed by atoms with van der Waals surface area (Å²) in [6.45, 7) is 5.81. The van der Waals surface area contributed by atoms with Gasteiger partial charge in [0.2, 0.25) is 0 Å². The Kier molecular flexibility index (Phi) is 2.47. The zero-order valence-corrected chi connectivity index (χ0v) is 6.67. The molecular weight excluding hydrogens is 155 g/mol. The molecule has 59 valence electrons. The van der Waals surface area contributed by atoms with E-state index >= 15 is 0 Å². The van der Waals surface area contributed by atoms with Crippen molar-refractivity contribution in [2.24, 2.45) is 0 Å². The molecule has 1 heterocycles. The van der Waals surface area contributed by atoms with E-state index in [2.05, 4.69) is 6.92 Å². The summed E-state index contributed by atoms with van der Waals surface area (Å²) in [5, 5.41) is 0. The summed E-state index contributed by atoms with van der Waals surface area (Å²) in [4.78, 5) is 0. The third kappa shape index (κ3) is 1.80. The fraction of sp³-hybridized carbons (Fsp3) is 0.800. The molecule has 0 saturated carbocycles. The third-order valence-electron chi connectivity index (χ3n) is 0.984. The lowest BCUT2D eigenvalue weighted by molar-refractivity contribution is 0.191. The first-order chi connectivity index (χ1) is 4.66. The predicted octanol–water partition coefficient (Wildman–Crippen LogP) is 1.38. The van der Waals surface area contributed by atoms with E-state index in [4.69, 9.17) is 13.6 Å². The van der Waals surface area contributed by atoms with Crippen molar-refractivity contribution in [3.63, 3.8) is 0 Å². The van der Waals surface area contributed by atoms with Crippen LogP contribution in [0.25, 0.3) is 0 Å². The van der Waals surface area contributed by atoms with Gasteiger partial charge < -0.3 is 0 Å². The second-order valence-corrected chi connectivity index (χ2v) is 3.51. The molecule has 0 aromatic rings. The summed E-state index contributed by atoms with van der Waals surface area (Å²) >= 11 is 0. The standard InChI is InChI=1S/C5H10O4P/c1-3-7-10(6)8-4-5(2)9-10/h5H,2-4H2,1H3. The maximum Gasteiger partial charge on any atom is 0.475 e. The first-order valence-corrected chi connectivity index (χ1v) is 4.53. The molecule has 0 spiro atoms. The van der Waals surface area contributed by atoms with Crippen LogP contribution in [0.5, 0.6) is 0 Å². The van der Waals surface area contributed by atoms with E-state index in [1.165, 1.54) is 0 Å². The number of hydrogen-bond donors (Lipinski definition) is 0. The molecule has 4 nitrogen and oxygen atoms in total. The van der Waals surface area contributed by atoms with Crippen molar-refractivity contribution in [2.45, 2.75) is 13.0 Å². The first kappa shape index (κ1) is 8.21. The number of hydrogen-bond acceptors (Lipinski definition) is 4. The minimum absolute atomic E-state index is 0.247. The lowest BCUT2D eigenvalue weighted by Gasteiger charge is -2.06. The van der Waals surface area contributed by atoms with Gasteiger partial charge in [0.1, 0.15) is 0 Å². The maximum absolute atomic E-state index is 11.1. The van der Waals surface area contributed by atoms with Crippen molar-refractivity contribution >= 4 is 7.82 Å². The molecule has 0 aromatic carbocycles. The highest BCUT2D eigenvalue weighted by Gasteiger charge is 2.35. The molecule has 1 saturated heterocycles. The Bertz CT molecular complexity index is 152. The van der Waals surface area contributed by atoms with Gasteiger partial charge >= 0.3 is 7.82 Å². The molecule has 0 aliphatic carbocycles. The van der Waals surface area contributed by atoms with Crippen LogP contribution in [0.2, 0.25) is 0 Å². The van der Waals surface area contributed by atoms with Crippen LogP contribution in [0, 0.1) is 6.92 Å². The predicted molar refractivity (Wildman–Crippen MR) is 35.4 cm³/mol. The quantitative estimate of drug-likeness (QED) is 0.580. The molecule has 5 heteroatoms. The van der Waals surface area contributed by atoms with Crippen LogP contribution in [0.15, 0.2) is 0 Å². The van der Waals surface area contributed by atoms with Gasteiger partial charge in [0, 0.05) is 0 Å². The Morgan fingerprint density at radius 3 is 3.00 bits per heavy atom. The smallest absolute Gasteiger partial charge is 0.287 e. The zero-order valence-electron chi connectivity index (χ0n) is 5.78. The first-order valence-electron chi connectivity index (χ1n) is 3.07. The van der Waals surface area contributed by atoms with Gasteiger partial charge in [0.05, 0.1) is 19.3 Å². The Hall–Kier alpha value is 0.110. The summed E-state index contributed by atoms with van der Waals surface area (Å²) in [7, 11) is -3.19. The number of phosphoric acid groups is 1. The van der Waals surface area contributed by atoms with E-state index in [0.717, 1.165) is 0 Å². The Morgan fingerprint density at radius 2 is 2.60 bits per heavy atom. The molecule has 1 radical (unpaired) electrons. The average Bonchev–Trinajstić information content (AvgIpc) is 2.12. The van der Waals surface area contributed by atoms with Gasteiger partial charge in [-0.05, 0) is 13.8 Å². The molecule has 1 fully saturated rings. The van der Waals surface area contributed by atoms with E-state index in [9.17, 15) is 4.57 Å². The second kappa shape index (κ2) is 3.01. The van der Waals surface area contributed by atoms with Crippen molar-refractivity contribution in [1.82, 2.24) is 0 Å². The number of phosphoric ester groups is 1. The highest BCUT2D eigenvalue weighted by atomic mass is 31.2. The lowest BCUT2D eigenvalue weighted by Crippen LogP contribution is -2.00. The summed E-state index contributed by atoms with van der Waals surface area (Å²) in [6.07, 6.45) is -0.364. The summed E-state index contributed by atoms with van der Waals surface area (Å²) in [5.41, 5.74) is 0. The largest absolute Gasteiger partial charge is 0.475 e. The summed E-state index contributed by atoms with van der Waals surface area (Å²) < 4.78 is 25.4. The van der Waals surface area contributed by atoms with Gasteiger partial charge in [-0.3, -0.25) is 13.6 Å². The van der Waals surface area contributed by atoms with E-state index in [-0.39, 0.29) is 12.7 Å². The van der Waals surface area contributed by atoms with Crippen LogP contribution in [0.4, 0.5) is 0 Å². The normalized spacial score (nSPS) is 40.4. The highest BCUT2D eigenvalue weighted by molar-refractivity contribution is 7.48. The fourth-order valence-electron chi connectivity index (χ4n) is 0.644. The second-order valence-electron chi connectivity index (χ2n) is 1.89. The van der Waals surface area contributed by atoms with Crippen LogP contribution in [-0.4, -0.2) is 19.3 Å². The monoisotopic (exact) mass is 165 g/mol.